The van der Waals surface area contributed by atoms with Crippen LogP contribution >= 0.6 is 0 Å². The van der Waals surface area contributed by atoms with Gasteiger partial charge in [0.25, 0.3) is 0 Å². The van der Waals surface area contributed by atoms with Gasteiger partial charge in [-0.3, -0.25) is 15.7 Å². The highest BCUT2D eigenvalue weighted by molar-refractivity contribution is 7.89. The maximum atomic E-state index is 13.4. The number of fused-ring (bicyclic) bond motifs is 1. The third-order valence-corrected chi connectivity index (χ3v) is 6.24. The molecule has 2 aliphatic rings. The molecule has 1 aliphatic heterocycles. The summed E-state index contributed by atoms with van der Waals surface area (Å²) in [4.78, 5) is 4.41. The minimum atomic E-state index is -2.66. The minimum Gasteiger partial charge on any atom is -0.365 e. The zero-order chi connectivity index (χ0) is 19.9. The Hall–Kier alpha value is -2.57. The van der Waals surface area contributed by atoms with E-state index in [-0.39, 0.29) is 29.3 Å². The van der Waals surface area contributed by atoms with Crippen LogP contribution < -0.4 is 10.8 Å². The number of benzene rings is 1. The SMILES string of the molecule is CS(=N)(=O)N1CC(CNc2nonc2C(=NC2Cc3ccc(F)cc32)NO)C1. The lowest BCUT2D eigenvalue weighted by atomic mass is 9.83. The topological polar surface area (TPSA) is 140 Å². The fourth-order valence-electron chi connectivity index (χ4n) is 3.30. The molecule has 28 heavy (non-hydrogen) atoms. The van der Waals surface area contributed by atoms with Gasteiger partial charge in [0.1, 0.15) is 15.7 Å². The molecule has 1 fully saturated rings. The number of hydrogen-bond donors (Lipinski definition) is 4. The van der Waals surface area contributed by atoms with E-state index in [1.807, 2.05) is 5.48 Å². The lowest BCUT2D eigenvalue weighted by Gasteiger charge is -2.38. The molecule has 2 aromatic rings. The Balaban J connectivity index is 1.43. The van der Waals surface area contributed by atoms with Crippen LogP contribution in [0.5, 0.6) is 0 Å². The van der Waals surface area contributed by atoms with Crippen molar-refractivity contribution in [1.82, 2.24) is 20.1 Å². The second-order valence-corrected chi connectivity index (χ2v) is 9.13. The van der Waals surface area contributed by atoms with Crippen molar-refractivity contribution >= 4 is 21.6 Å². The van der Waals surface area contributed by atoms with E-state index in [4.69, 9.17) is 9.41 Å². The predicted molar refractivity (Wildman–Crippen MR) is 98.9 cm³/mol. The summed E-state index contributed by atoms with van der Waals surface area (Å²) in [5, 5.41) is 20.2. The van der Waals surface area contributed by atoms with Crippen LogP contribution in [0.3, 0.4) is 0 Å². The molecule has 2 heterocycles. The maximum Gasteiger partial charge on any atom is 0.202 e. The molecule has 1 aromatic heterocycles. The summed E-state index contributed by atoms with van der Waals surface area (Å²) < 4.78 is 39.0. The molecule has 1 aromatic carbocycles. The molecule has 12 heteroatoms. The summed E-state index contributed by atoms with van der Waals surface area (Å²) in [6.07, 6.45) is 2.03. The molecule has 4 N–H and O–H groups in total. The Morgan fingerprint density at radius 2 is 2.29 bits per heavy atom. The lowest BCUT2D eigenvalue weighted by Crippen LogP contribution is -2.51. The minimum absolute atomic E-state index is 0.0710. The fraction of sp³-hybridized carbons (Fsp3) is 0.438. The first-order valence-electron chi connectivity index (χ1n) is 8.67. The van der Waals surface area contributed by atoms with Crippen molar-refractivity contribution in [2.45, 2.75) is 12.5 Å². The number of halogens is 1. The van der Waals surface area contributed by atoms with Crippen molar-refractivity contribution in [2.75, 3.05) is 31.2 Å². The zero-order valence-corrected chi connectivity index (χ0v) is 15.9. The van der Waals surface area contributed by atoms with E-state index >= 15 is 0 Å². The first-order chi connectivity index (χ1) is 13.3. The number of aliphatic imine (C=N–C) groups is 1. The highest BCUT2D eigenvalue weighted by atomic mass is 32.2. The molecule has 2 unspecified atom stereocenters. The van der Waals surface area contributed by atoms with Gasteiger partial charge in [0.15, 0.2) is 11.5 Å². The van der Waals surface area contributed by atoms with Crippen LogP contribution in [0, 0.1) is 16.5 Å². The molecule has 1 aliphatic carbocycles. The van der Waals surface area contributed by atoms with Gasteiger partial charge in [-0.2, -0.15) is 0 Å². The Bertz CT molecular complexity index is 1020. The molecule has 0 saturated carbocycles. The van der Waals surface area contributed by atoms with Gasteiger partial charge in [0, 0.05) is 31.8 Å². The number of hydrogen-bond acceptors (Lipinski definition) is 8. The van der Waals surface area contributed by atoms with Crippen LogP contribution in [-0.4, -0.2) is 55.8 Å². The van der Waals surface area contributed by atoms with Crippen molar-refractivity contribution in [1.29, 1.82) is 4.78 Å². The molecule has 4 rings (SSSR count). The molecule has 0 radical (unpaired) electrons. The maximum absolute atomic E-state index is 13.4. The zero-order valence-electron chi connectivity index (χ0n) is 15.1. The van der Waals surface area contributed by atoms with Gasteiger partial charge in [-0.15, -0.1) is 0 Å². The van der Waals surface area contributed by atoms with Gasteiger partial charge in [-0.1, -0.05) is 6.07 Å². The second-order valence-electron chi connectivity index (χ2n) is 7.01. The summed E-state index contributed by atoms with van der Waals surface area (Å²) in [5.41, 5.74) is 4.01. The molecule has 0 bridgehead atoms. The number of anilines is 1. The summed E-state index contributed by atoms with van der Waals surface area (Å²) in [7, 11) is -2.66. The molecular formula is C16H20FN7O3S. The quantitative estimate of drug-likeness (QED) is 0.319. The van der Waals surface area contributed by atoms with E-state index in [2.05, 4.69) is 20.6 Å². The van der Waals surface area contributed by atoms with Crippen molar-refractivity contribution in [3.05, 3.63) is 40.8 Å². The van der Waals surface area contributed by atoms with Gasteiger partial charge in [0.05, 0.1) is 6.04 Å². The average molecular weight is 409 g/mol. The largest absolute Gasteiger partial charge is 0.365 e. The van der Waals surface area contributed by atoms with Crippen LogP contribution in [-0.2, 0) is 16.3 Å². The van der Waals surface area contributed by atoms with E-state index < -0.39 is 9.92 Å². The molecule has 150 valence electrons. The molecule has 2 atom stereocenters. The van der Waals surface area contributed by atoms with Gasteiger partial charge in [-0.05, 0) is 40.0 Å². The smallest absolute Gasteiger partial charge is 0.202 e. The number of amidine groups is 1. The molecule has 0 amide bonds. The van der Waals surface area contributed by atoms with Gasteiger partial charge in [0.2, 0.25) is 5.82 Å². The van der Waals surface area contributed by atoms with Crippen LogP contribution in [0.25, 0.3) is 0 Å². The third kappa shape index (κ3) is 3.57. The molecule has 10 nitrogen and oxygen atoms in total. The average Bonchev–Trinajstić information content (AvgIpc) is 3.04. The Morgan fingerprint density at radius 1 is 1.50 bits per heavy atom. The molecule has 0 spiro atoms. The summed E-state index contributed by atoms with van der Waals surface area (Å²) in [6.45, 7) is 1.62. The van der Waals surface area contributed by atoms with Gasteiger partial charge >= 0.3 is 0 Å². The first kappa shape index (κ1) is 18.8. The number of rotatable bonds is 6. The summed E-state index contributed by atoms with van der Waals surface area (Å²) >= 11 is 0. The third-order valence-electron chi connectivity index (χ3n) is 4.96. The second kappa shape index (κ2) is 7.11. The van der Waals surface area contributed by atoms with Crippen molar-refractivity contribution in [3.63, 3.8) is 0 Å². The van der Waals surface area contributed by atoms with E-state index in [0.717, 1.165) is 11.1 Å². The van der Waals surface area contributed by atoms with Crippen LogP contribution in [0.4, 0.5) is 10.2 Å². The Morgan fingerprint density at radius 3 is 3.00 bits per heavy atom. The van der Waals surface area contributed by atoms with Crippen LogP contribution in [0.1, 0.15) is 22.9 Å². The standard InChI is InChI=1S/C16H20FN7O3S/c1-28(18,26)24-7-9(8-24)6-19-15-14(22-27-23-15)16(21-25)20-13-4-10-2-3-11(17)5-12(10)13/h2-3,5,9,13,18,25H,4,6-8H2,1H3,(H,19,23)(H,20,21). The van der Waals surface area contributed by atoms with E-state index in [0.29, 0.717) is 31.9 Å². The van der Waals surface area contributed by atoms with E-state index in [1.165, 1.54) is 18.4 Å². The van der Waals surface area contributed by atoms with Crippen LogP contribution in [0.2, 0.25) is 0 Å². The Labute approximate surface area is 160 Å². The van der Waals surface area contributed by atoms with E-state index in [9.17, 15) is 13.8 Å². The normalized spacial score (nSPS) is 22.0. The monoisotopic (exact) mass is 409 g/mol. The van der Waals surface area contributed by atoms with E-state index in [1.54, 1.807) is 10.4 Å². The van der Waals surface area contributed by atoms with Crippen molar-refractivity contribution in [2.24, 2.45) is 10.9 Å². The number of nitrogens with zero attached hydrogens (tertiary/aromatic N) is 4. The summed E-state index contributed by atoms with van der Waals surface area (Å²) in [6, 6.07) is 4.27. The van der Waals surface area contributed by atoms with Crippen molar-refractivity contribution < 1.29 is 18.4 Å². The lowest BCUT2D eigenvalue weighted by molar-refractivity contribution is 0.219. The van der Waals surface area contributed by atoms with Crippen LogP contribution in [0.15, 0.2) is 27.8 Å². The summed E-state index contributed by atoms with van der Waals surface area (Å²) in [5.74, 6) is 0.253. The highest BCUT2D eigenvalue weighted by Gasteiger charge is 2.32. The van der Waals surface area contributed by atoms with Gasteiger partial charge < -0.3 is 5.32 Å². The fourth-order valence-corrected chi connectivity index (χ4v) is 4.29. The number of nitrogens with one attached hydrogen (secondary N) is 3. The molecule has 1 saturated heterocycles. The molecular weight excluding hydrogens is 389 g/mol. The predicted octanol–water partition coefficient (Wildman–Crippen LogP) is 1.17. The van der Waals surface area contributed by atoms with Crippen molar-refractivity contribution in [3.8, 4) is 0 Å². The highest BCUT2D eigenvalue weighted by Crippen LogP contribution is 2.37. The first-order valence-corrected chi connectivity index (χ1v) is 10.6. The Kier molecular flexibility index (Phi) is 4.77. The number of hydroxylamine groups is 1. The van der Waals surface area contributed by atoms with Gasteiger partial charge in [-0.25, -0.2) is 22.3 Å². The number of aromatic nitrogens is 2.